The summed E-state index contributed by atoms with van der Waals surface area (Å²) in [4.78, 5) is 52.5. The van der Waals surface area contributed by atoms with Crippen LogP contribution in [-0.2, 0) is 33.5 Å². The van der Waals surface area contributed by atoms with Crippen molar-refractivity contribution in [2.24, 2.45) is 0 Å². The molecule has 2 fully saturated rings. The van der Waals surface area contributed by atoms with Gasteiger partial charge in [-0.05, 0) is 54.6 Å². The largest absolute Gasteiger partial charge is 0.506 e. The van der Waals surface area contributed by atoms with Gasteiger partial charge in [-0.3, -0.25) is 14.5 Å². The Morgan fingerprint density at radius 2 is 1.54 bits per heavy atom. The summed E-state index contributed by atoms with van der Waals surface area (Å²) in [6.45, 7) is 4.22. The number of aromatic hydroxyl groups is 1. The number of likely N-dealkylation sites (tertiary alicyclic amines) is 1. The second kappa shape index (κ2) is 20.0. The first-order chi connectivity index (χ1) is 28.4. The molecule has 2 aromatic heterocycles. The third-order valence-electron chi connectivity index (χ3n) is 9.35. The van der Waals surface area contributed by atoms with Gasteiger partial charge in [0.15, 0.2) is 5.01 Å². The molecular weight excluding hydrogens is 861 g/mol. The molecule has 61 heavy (non-hydrogen) atoms. The number of amides is 1. The number of nitrogens with zero attached hydrogens (tertiary/aromatic N) is 3. The van der Waals surface area contributed by atoms with Crippen LogP contribution in [0.3, 0.4) is 0 Å². The molecule has 0 saturated carbocycles. The number of aliphatic carboxylic acids is 2. The Morgan fingerprint density at radius 3 is 2.13 bits per heavy atom. The molecule has 4 aromatic rings. The Morgan fingerprint density at radius 1 is 0.918 bits per heavy atom. The summed E-state index contributed by atoms with van der Waals surface area (Å²) in [5, 5.41) is 39.2. The molecule has 2 aliphatic rings. The molecule has 0 aliphatic carbocycles. The number of aliphatic hydroxyl groups excluding tert-OH is 1. The number of aromatic amines is 1. The van der Waals surface area contributed by atoms with E-state index in [-0.39, 0.29) is 17.0 Å². The van der Waals surface area contributed by atoms with Crippen LogP contribution in [0.4, 0.5) is 39.5 Å². The zero-order chi connectivity index (χ0) is 45.3. The maximum atomic E-state index is 13.0. The topological polar surface area (TPSA) is 206 Å². The Kier molecular flexibility index (Phi) is 15.9. The molecule has 24 heteroatoms. The number of carboxylic acid groups (broad SMARTS) is 2. The van der Waals surface area contributed by atoms with E-state index < -0.39 is 53.1 Å². The molecule has 4 heterocycles. The molecule has 1 amide bonds. The number of carbonyl (C=O) groups is 3. The van der Waals surface area contributed by atoms with E-state index in [1.807, 2.05) is 6.07 Å². The number of hydrogen-bond acceptors (Lipinski definition) is 11. The standard InChI is InChI=1S/C33H36F3N5O5S.2C2HF3O2/c34-33(35,36)31-38-25(19-47-31)30(45)41-14-15-46-32(20-41)9-12-40(13-10-32)18-22-3-1-2-21(16-22)8-11-37-17-27(43)23-4-6-26(42)29-24(23)5-7-28(44)39-29;2*3-2(4,5)1(6)7/h1-7,16,19,27,37,42-43H,8-15,17-18,20H2,(H,39,44);2*(H,6,7)/t27-;;/m0../s1. The van der Waals surface area contributed by atoms with Crippen molar-refractivity contribution < 1.29 is 79.1 Å². The van der Waals surface area contributed by atoms with Gasteiger partial charge in [-0.1, -0.05) is 30.3 Å². The van der Waals surface area contributed by atoms with E-state index in [2.05, 4.69) is 38.4 Å². The van der Waals surface area contributed by atoms with Gasteiger partial charge in [0.05, 0.1) is 30.4 Å². The monoisotopic (exact) mass is 899 g/mol. The van der Waals surface area contributed by atoms with Gasteiger partial charge in [-0.15, -0.1) is 11.3 Å². The number of fused-ring (bicyclic) bond motifs is 1. The number of alkyl halides is 9. The number of piperidine rings is 1. The van der Waals surface area contributed by atoms with Crippen molar-refractivity contribution in [3.8, 4) is 5.75 Å². The average molecular weight is 900 g/mol. The first-order valence-electron chi connectivity index (χ1n) is 18.0. The minimum Gasteiger partial charge on any atom is -0.506 e. The number of aliphatic hydroxyl groups is 1. The van der Waals surface area contributed by atoms with Crippen LogP contribution in [0, 0.1) is 0 Å². The van der Waals surface area contributed by atoms with Gasteiger partial charge in [0.1, 0.15) is 11.4 Å². The van der Waals surface area contributed by atoms with Crippen molar-refractivity contribution in [1.29, 1.82) is 0 Å². The molecule has 14 nitrogen and oxygen atoms in total. The summed E-state index contributed by atoms with van der Waals surface area (Å²) >= 11 is 0.433. The number of hydrogen-bond donors (Lipinski definition) is 6. The number of halogens is 9. The molecule has 6 N–H and O–H groups in total. The summed E-state index contributed by atoms with van der Waals surface area (Å²) in [5.41, 5.74) is 2.23. The summed E-state index contributed by atoms with van der Waals surface area (Å²) in [7, 11) is 0. The van der Waals surface area contributed by atoms with E-state index in [0.717, 1.165) is 31.6 Å². The van der Waals surface area contributed by atoms with Crippen LogP contribution < -0.4 is 10.9 Å². The summed E-state index contributed by atoms with van der Waals surface area (Å²) in [6, 6.07) is 14.4. The molecule has 334 valence electrons. The van der Waals surface area contributed by atoms with Crippen molar-refractivity contribution in [2.75, 3.05) is 45.9 Å². The third-order valence-corrected chi connectivity index (χ3v) is 10.2. The SMILES string of the molecule is O=C(O)C(F)(F)F.O=C(O)C(F)(F)F.O=C(c1csc(C(F)(F)F)n1)N1CCOC2(CCN(Cc3cccc(CCNC[C@H](O)c4ccc(O)c5[nH]c(=O)ccc45)c3)CC2)C1. The molecule has 0 bridgehead atoms. The summed E-state index contributed by atoms with van der Waals surface area (Å²) in [5.74, 6) is -6.05. The molecular formula is C37H38F9N5O9S. The maximum Gasteiger partial charge on any atom is 0.490 e. The van der Waals surface area contributed by atoms with Gasteiger partial charge < -0.3 is 40.4 Å². The predicted molar refractivity (Wildman–Crippen MR) is 198 cm³/mol. The lowest BCUT2D eigenvalue weighted by atomic mass is 9.89. The van der Waals surface area contributed by atoms with Gasteiger partial charge in [0.2, 0.25) is 5.56 Å². The fourth-order valence-electron chi connectivity index (χ4n) is 6.38. The number of pyridine rings is 1. The number of phenols is 1. The Balaban J connectivity index is 0.000000504. The summed E-state index contributed by atoms with van der Waals surface area (Å²) in [6.07, 6.45) is -13.4. The second-order valence-corrected chi connectivity index (χ2v) is 14.6. The van der Waals surface area contributed by atoms with Gasteiger partial charge in [-0.25, -0.2) is 14.6 Å². The van der Waals surface area contributed by atoms with Crippen LogP contribution in [-0.4, -0.2) is 122 Å². The van der Waals surface area contributed by atoms with Crippen LogP contribution in [0.15, 0.2) is 58.7 Å². The minimum atomic E-state index is -5.08. The lowest BCUT2D eigenvalue weighted by Crippen LogP contribution is -2.58. The van der Waals surface area contributed by atoms with E-state index >= 15 is 0 Å². The second-order valence-electron chi connectivity index (χ2n) is 13.8. The summed E-state index contributed by atoms with van der Waals surface area (Å²) < 4.78 is 109. The number of aromatic nitrogens is 2. The number of thiazole rings is 1. The first-order valence-corrected chi connectivity index (χ1v) is 18.9. The number of H-pyrrole nitrogens is 1. The Bertz CT molecular complexity index is 2180. The van der Waals surface area contributed by atoms with Crippen molar-refractivity contribution in [3.63, 3.8) is 0 Å². The number of carboxylic acids is 2. The highest BCUT2D eigenvalue weighted by atomic mass is 32.1. The number of nitrogens with one attached hydrogen (secondary N) is 2. The highest BCUT2D eigenvalue weighted by Crippen LogP contribution is 2.34. The van der Waals surface area contributed by atoms with Crippen LogP contribution in [0.2, 0.25) is 0 Å². The predicted octanol–water partition coefficient (Wildman–Crippen LogP) is 5.35. The van der Waals surface area contributed by atoms with E-state index in [4.69, 9.17) is 24.5 Å². The first kappa shape index (κ1) is 48.4. The van der Waals surface area contributed by atoms with Crippen molar-refractivity contribution in [1.82, 2.24) is 25.1 Å². The van der Waals surface area contributed by atoms with Gasteiger partial charge in [-0.2, -0.15) is 39.5 Å². The zero-order valence-corrected chi connectivity index (χ0v) is 32.3. The number of rotatable bonds is 9. The number of carbonyl (C=O) groups excluding carboxylic acids is 1. The molecule has 0 radical (unpaired) electrons. The number of ether oxygens (including phenoxy) is 1. The number of phenolic OH excluding ortho intramolecular Hbond substituents is 1. The normalized spacial score (nSPS) is 16.3. The van der Waals surface area contributed by atoms with Gasteiger partial charge in [0, 0.05) is 49.6 Å². The van der Waals surface area contributed by atoms with Gasteiger partial charge in [0.25, 0.3) is 5.91 Å². The number of morpholine rings is 1. The van der Waals surface area contributed by atoms with Crippen LogP contribution >= 0.6 is 11.3 Å². The smallest absolute Gasteiger partial charge is 0.490 e. The zero-order valence-electron chi connectivity index (χ0n) is 31.5. The molecule has 2 aliphatic heterocycles. The maximum absolute atomic E-state index is 13.0. The average Bonchev–Trinajstić information content (AvgIpc) is 3.69. The Labute approximate surface area is 343 Å². The molecule has 0 unspecified atom stereocenters. The van der Waals surface area contributed by atoms with E-state index in [0.29, 0.717) is 73.4 Å². The highest BCUT2D eigenvalue weighted by molar-refractivity contribution is 7.10. The van der Waals surface area contributed by atoms with E-state index in [1.54, 1.807) is 17.0 Å². The minimum absolute atomic E-state index is 0.0489. The van der Waals surface area contributed by atoms with Crippen LogP contribution in [0.5, 0.6) is 5.75 Å². The molecule has 1 spiro atoms. The van der Waals surface area contributed by atoms with Gasteiger partial charge >= 0.3 is 30.5 Å². The highest BCUT2D eigenvalue weighted by Gasteiger charge is 2.43. The Hall–Kier alpha value is -5.30. The van der Waals surface area contributed by atoms with Crippen molar-refractivity contribution >= 4 is 40.1 Å². The van der Waals surface area contributed by atoms with Crippen LogP contribution in [0.1, 0.15) is 51.1 Å². The van der Waals surface area contributed by atoms with Crippen molar-refractivity contribution in [2.45, 2.75) is 56.0 Å². The molecule has 2 saturated heterocycles. The quantitative estimate of drug-likeness (QED) is 0.0930. The lowest BCUT2D eigenvalue weighted by molar-refractivity contribution is -0.193. The molecule has 1 atom stereocenters. The third kappa shape index (κ3) is 13.9. The molecule has 2 aromatic carbocycles. The van der Waals surface area contributed by atoms with Crippen LogP contribution in [0.25, 0.3) is 10.9 Å². The fourth-order valence-corrected chi connectivity index (χ4v) is 7.04. The van der Waals surface area contributed by atoms with Crippen molar-refractivity contribution in [3.05, 3.63) is 91.7 Å². The number of benzene rings is 2. The fraction of sp³-hybridized carbons (Fsp3) is 0.432. The lowest BCUT2D eigenvalue weighted by Gasteiger charge is -2.47. The van der Waals surface area contributed by atoms with E-state index in [9.17, 15) is 59.3 Å². The van der Waals surface area contributed by atoms with E-state index in [1.165, 1.54) is 23.1 Å². The molecule has 6 rings (SSSR count).